The van der Waals surface area contributed by atoms with Gasteiger partial charge in [0.1, 0.15) is 5.75 Å². The van der Waals surface area contributed by atoms with Crippen LogP contribution in [0.5, 0.6) is 5.75 Å². The standard InChI is InChI=1S/C21H19F3N2O2/c1-13-12-15(20(27)25-17-9-5-7-11-19(17)28-3)14(2)26(13)18-10-6-4-8-16(18)21(22,23)24/h4-12H,1-3H3,(H,25,27). The van der Waals surface area contributed by atoms with Crippen molar-refractivity contribution in [3.8, 4) is 11.4 Å². The van der Waals surface area contributed by atoms with Crippen molar-refractivity contribution in [1.82, 2.24) is 4.57 Å². The Hall–Kier alpha value is -3.22. The third-order valence-corrected chi connectivity index (χ3v) is 4.48. The molecule has 0 fully saturated rings. The van der Waals surface area contributed by atoms with E-state index in [-0.39, 0.29) is 5.69 Å². The molecule has 0 radical (unpaired) electrons. The number of para-hydroxylation sites is 3. The van der Waals surface area contributed by atoms with Crippen molar-refractivity contribution in [2.24, 2.45) is 0 Å². The van der Waals surface area contributed by atoms with Gasteiger partial charge in [-0.05, 0) is 44.2 Å². The Morgan fingerprint density at radius 3 is 2.36 bits per heavy atom. The summed E-state index contributed by atoms with van der Waals surface area (Å²) in [6, 6.07) is 13.8. The van der Waals surface area contributed by atoms with Crippen molar-refractivity contribution < 1.29 is 22.7 Å². The minimum Gasteiger partial charge on any atom is -0.495 e. The van der Waals surface area contributed by atoms with Crippen LogP contribution in [0.1, 0.15) is 27.3 Å². The molecule has 1 heterocycles. The van der Waals surface area contributed by atoms with Gasteiger partial charge in [-0.25, -0.2) is 0 Å². The Bertz CT molecular complexity index is 1020. The highest BCUT2D eigenvalue weighted by molar-refractivity contribution is 6.06. The number of carbonyl (C=O) groups is 1. The first kappa shape index (κ1) is 19.5. The zero-order valence-electron chi connectivity index (χ0n) is 15.6. The Balaban J connectivity index is 2.03. The summed E-state index contributed by atoms with van der Waals surface area (Å²) in [5.41, 5.74) is 0.951. The molecule has 3 rings (SSSR count). The van der Waals surface area contributed by atoms with E-state index in [0.29, 0.717) is 28.4 Å². The zero-order chi connectivity index (χ0) is 20.5. The Kier molecular flexibility index (Phi) is 5.18. The van der Waals surface area contributed by atoms with Gasteiger partial charge in [0, 0.05) is 11.4 Å². The molecule has 146 valence electrons. The summed E-state index contributed by atoms with van der Waals surface area (Å²) in [6.07, 6.45) is -4.50. The molecule has 1 amide bonds. The first-order valence-electron chi connectivity index (χ1n) is 8.54. The number of alkyl halides is 3. The predicted octanol–water partition coefficient (Wildman–Crippen LogP) is 5.37. The highest BCUT2D eigenvalue weighted by Gasteiger charge is 2.34. The molecule has 0 unspecified atom stereocenters. The van der Waals surface area contributed by atoms with Gasteiger partial charge in [0.05, 0.1) is 29.6 Å². The minimum absolute atomic E-state index is 0.0126. The molecule has 0 bridgehead atoms. The summed E-state index contributed by atoms with van der Waals surface area (Å²) in [5.74, 6) is 0.0698. The van der Waals surface area contributed by atoms with Gasteiger partial charge in [-0.2, -0.15) is 13.2 Å². The van der Waals surface area contributed by atoms with Crippen LogP contribution in [0.3, 0.4) is 0 Å². The highest BCUT2D eigenvalue weighted by Crippen LogP contribution is 2.35. The molecule has 0 spiro atoms. The lowest BCUT2D eigenvalue weighted by Crippen LogP contribution is -2.15. The molecule has 3 aromatic rings. The molecule has 4 nitrogen and oxygen atoms in total. The Morgan fingerprint density at radius 2 is 1.68 bits per heavy atom. The van der Waals surface area contributed by atoms with Crippen LogP contribution in [-0.2, 0) is 6.18 Å². The van der Waals surface area contributed by atoms with E-state index in [1.807, 2.05) is 0 Å². The SMILES string of the molecule is COc1ccccc1NC(=O)c1cc(C)n(-c2ccccc2C(F)(F)F)c1C. The van der Waals surface area contributed by atoms with Crippen molar-refractivity contribution in [3.63, 3.8) is 0 Å². The average Bonchev–Trinajstić information content (AvgIpc) is 2.95. The Morgan fingerprint density at radius 1 is 1.04 bits per heavy atom. The largest absolute Gasteiger partial charge is 0.495 e. The highest BCUT2D eigenvalue weighted by atomic mass is 19.4. The molecular weight excluding hydrogens is 369 g/mol. The lowest BCUT2D eigenvalue weighted by molar-refractivity contribution is -0.137. The van der Waals surface area contributed by atoms with Gasteiger partial charge in [-0.3, -0.25) is 4.79 Å². The normalized spacial score (nSPS) is 11.4. The summed E-state index contributed by atoms with van der Waals surface area (Å²) < 4.78 is 46.9. The summed E-state index contributed by atoms with van der Waals surface area (Å²) in [6.45, 7) is 3.29. The van der Waals surface area contributed by atoms with Crippen LogP contribution in [0, 0.1) is 13.8 Å². The number of halogens is 3. The van der Waals surface area contributed by atoms with Crippen molar-refractivity contribution in [3.05, 3.63) is 77.1 Å². The molecule has 28 heavy (non-hydrogen) atoms. The number of aryl methyl sites for hydroxylation is 1. The number of benzene rings is 2. The second-order valence-corrected chi connectivity index (χ2v) is 6.29. The molecule has 1 aromatic heterocycles. The topological polar surface area (TPSA) is 43.3 Å². The number of hydrogen-bond donors (Lipinski definition) is 1. The van der Waals surface area contributed by atoms with Crippen molar-refractivity contribution >= 4 is 11.6 Å². The molecule has 0 aliphatic rings. The molecule has 7 heteroatoms. The van der Waals surface area contributed by atoms with E-state index in [2.05, 4.69) is 5.32 Å². The second kappa shape index (κ2) is 7.42. The molecular formula is C21H19F3N2O2. The van der Waals surface area contributed by atoms with Gasteiger partial charge in [0.2, 0.25) is 0 Å². The first-order chi connectivity index (χ1) is 13.2. The molecule has 0 aliphatic carbocycles. The van der Waals surface area contributed by atoms with Gasteiger partial charge < -0.3 is 14.6 Å². The number of aromatic nitrogens is 1. The van der Waals surface area contributed by atoms with Crippen molar-refractivity contribution in [2.75, 3.05) is 12.4 Å². The summed E-state index contributed by atoms with van der Waals surface area (Å²) in [5, 5.41) is 2.76. The summed E-state index contributed by atoms with van der Waals surface area (Å²) in [4.78, 5) is 12.8. The maximum absolute atomic E-state index is 13.4. The van der Waals surface area contributed by atoms with Crippen LogP contribution in [0.4, 0.5) is 18.9 Å². The average molecular weight is 388 g/mol. The number of methoxy groups -OCH3 is 1. The molecule has 0 saturated heterocycles. The number of hydrogen-bond acceptors (Lipinski definition) is 2. The minimum atomic E-state index is -4.50. The van der Waals surface area contributed by atoms with Crippen LogP contribution < -0.4 is 10.1 Å². The van der Waals surface area contributed by atoms with Crippen molar-refractivity contribution in [2.45, 2.75) is 20.0 Å². The number of anilines is 1. The zero-order valence-corrected chi connectivity index (χ0v) is 15.6. The van der Waals surface area contributed by atoms with E-state index in [1.165, 1.54) is 29.9 Å². The Labute approximate surface area is 160 Å². The lowest BCUT2D eigenvalue weighted by Gasteiger charge is -2.17. The predicted molar refractivity (Wildman–Crippen MR) is 101 cm³/mol. The monoisotopic (exact) mass is 388 g/mol. The van der Waals surface area contributed by atoms with Gasteiger partial charge in [0.25, 0.3) is 5.91 Å². The van der Waals surface area contributed by atoms with Gasteiger partial charge in [-0.1, -0.05) is 24.3 Å². The number of nitrogens with one attached hydrogen (secondary N) is 1. The molecule has 0 aliphatic heterocycles. The first-order valence-corrected chi connectivity index (χ1v) is 8.54. The van der Waals surface area contributed by atoms with Crippen LogP contribution in [0.2, 0.25) is 0 Å². The molecule has 0 saturated carbocycles. The second-order valence-electron chi connectivity index (χ2n) is 6.29. The van der Waals surface area contributed by atoms with Crippen LogP contribution >= 0.6 is 0 Å². The van der Waals surface area contributed by atoms with E-state index in [4.69, 9.17) is 4.74 Å². The van der Waals surface area contributed by atoms with Crippen LogP contribution in [-0.4, -0.2) is 17.6 Å². The van der Waals surface area contributed by atoms with E-state index in [9.17, 15) is 18.0 Å². The summed E-state index contributed by atoms with van der Waals surface area (Å²) >= 11 is 0. The number of rotatable bonds is 4. The van der Waals surface area contributed by atoms with Gasteiger partial charge in [0.15, 0.2) is 0 Å². The number of nitrogens with zero attached hydrogens (tertiary/aromatic N) is 1. The van der Waals surface area contributed by atoms with Gasteiger partial charge >= 0.3 is 6.18 Å². The third-order valence-electron chi connectivity index (χ3n) is 4.48. The van der Waals surface area contributed by atoms with E-state index >= 15 is 0 Å². The maximum Gasteiger partial charge on any atom is 0.418 e. The van der Waals surface area contributed by atoms with E-state index in [1.54, 1.807) is 44.2 Å². The quantitative estimate of drug-likeness (QED) is 0.653. The number of amides is 1. The smallest absolute Gasteiger partial charge is 0.418 e. The van der Waals surface area contributed by atoms with Gasteiger partial charge in [-0.15, -0.1) is 0 Å². The fraction of sp³-hybridized carbons (Fsp3) is 0.190. The molecule has 2 aromatic carbocycles. The number of ether oxygens (including phenoxy) is 1. The van der Waals surface area contributed by atoms with Crippen molar-refractivity contribution in [1.29, 1.82) is 0 Å². The molecule has 1 N–H and O–H groups in total. The lowest BCUT2D eigenvalue weighted by atomic mass is 10.1. The molecule has 0 atom stereocenters. The fourth-order valence-corrected chi connectivity index (χ4v) is 3.21. The van der Waals surface area contributed by atoms with E-state index in [0.717, 1.165) is 6.07 Å². The summed E-state index contributed by atoms with van der Waals surface area (Å²) in [7, 11) is 1.49. The van der Waals surface area contributed by atoms with Crippen LogP contribution in [0.25, 0.3) is 5.69 Å². The fourth-order valence-electron chi connectivity index (χ4n) is 3.21. The van der Waals surface area contributed by atoms with Crippen LogP contribution in [0.15, 0.2) is 54.6 Å². The maximum atomic E-state index is 13.4. The van der Waals surface area contributed by atoms with E-state index < -0.39 is 17.6 Å². The number of carbonyl (C=O) groups excluding carboxylic acids is 1. The third kappa shape index (κ3) is 3.60.